The maximum atomic E-state index is 11.9. The van der Waals surface area contributed by atoms with E-state index in [1.807, 2.05) is 0 Å². The summed E-state index contributed by atoms with van der Waals surface area (Å²) < 4.78 is 26.6. The van der Waals surface area contributed by atoms with Gasteiger partial charge in [-0.15, -0.1) is 11.3 Å². The average Bonchev–Trinajstić information content (AvgIpc) is 2.96. The molecule has 1 unspecified atom stereocenters. The third kappa shape index (κ3) is 5.48. The number of aliphatic imine (C=N–C) groups is 1. The van der Waals surface area contributed by atoms with Gasteiger partial charge in [-0.25, -0.2) is 13.1 Å². The fourth-order valence-corrected chi connectivity index (χ4v) is 3.45. The topological polar surface area (TPSA) is 82.6 Å². The van der Waals surface area contributed by atoms with Gasteiger partial charge >= 0.3 is 0 Å². The molecule has 0 aliphatic heterocycles. The van der Waals surface area contributed by atoms with Gasteiger partial charge in [-0.05, 0) is 24.8 Å². The third-order valence-corrected chi connectivity index (χ3v) is 5.55. The Bertz CT molecular complexity index is 512. The van der Waals surface area contributed by atoms with E-state index in [2.05, 4.69) is 34.2 Å². The molecule has 8 heteroatoms. The van der Waals surface area contributed by atoms with Crippen molar-refractivity contribution in [2.45, 2.75) is 30.5 Å². The first-order chi connectivity index (χ1) is 9.49. The van der Waals surface area contributed by atoms with Crippen molar-refractivity contribution in [2.75, 3.05) is 20.1 Å². The van der Waals surface area contributed by atoms with Crippen LogP contribution < -0.4 is 15.4 Å². The molecule has 3 N–H and O–H groups in total. The van der Waals surface area contributed by atoms with Gasteiger partial charge < -0.3 is 10.6 Å². The maximum absolute atomic E-state index is 11.9. The first-order valence-electron chi connectivity index (χ1n) is 6.50. The van der Waals surface area contributed by atoms with Crippen molar-refractivity contribution in [3.63, 3.8) is 0 Å². The van der Waals surface area contributed by atoms with Crippen LogP contribution in [0, 0.1) is 0 Å². The van der Waals surface area contributed by atoms with Crippen molar-refractivity contribution in [3.8, 4) is 0 Å². The molecule has 0 amide bonds. The summed E-state index contributed by atoms with van der Waals surface area (Å²) >= 11 is 1.20. The highest BCUT2D eigenvalue weighted by molar-refractivity contribution is 7.91. The largest absolute Gasteiger partial charge is 0.355 e. The van der Waals surface area contributed by atoms with Gasteiger partial charge in [0.05, 0.1) is 0 Å². The summed E-state index contributed by atoms with van der Waals surface area (Å²) in [6.07, 6.45) is 0.992. The Morgan fingerprint density at radius 2 is 2.20 bits per heavy atom. The number of guanidine groups is 1. The molecule has 1 rings (SSSR count). The summed E-state index contributed by atoms with van der Waals surface area (Å²) in [5.74, 6) is 0.676. The molecule has 0 aliphatic rings. The molecule has 0 spiro atoms. The summed E-state index contributed by atoms with van der Waals surface area (Å²) in [5, 5.41) is 8.01. The lowest BCUT2D eigenvalue weighted by molar-refractivity contribution is 0.581. The van der Waals surface area contributed by atoms with Crippen LogP contribution in [0.1, 0.15) is 20.3 Å². The van der Waals surface area contributed by atoms with Crippen molar-refractivity contribution in [3.05, 3.63) is 17.5 Å². The van der Waals surface area contributed by atoms with Crippen molar-refractivity contribution in [1.29, 1.82) is 0 Å². The zero-order valence-electron chi connectivity index (χ0n) is 12.0. The number of nitrogens with one attached hydrogen (secondary N) is 3. The molecule has 0 saturated carbocycles. The van der Waals surface area contributed by atoms with Crippen LogP contribution in [0.15, 0.2) is 26.7 Å². The molecular weight excluding hydrogens is 296 g/mol. The van der Waals surface area contributed by atoms with Crippen LogP contribution in [-0.4, -0.2) is 40.6 Å². The summed E-state index contributed by atoms with van der Waals surface area (Å²) in [4.78, 5) is 4.08. The number of rotatable bonds is 7. The van der Waals surface area contributed by atoms with E-state index in [0.717, 1.165) is 6.42 Å². The smallest absolute Gasteiger partial charge is 0.250 e. The maximum Gasteiger partial charge on any atom is 0.250 e. The van der Waals surface area contributed by atoms with Crippen molar-refractivity contribution in [2.24, 2.45) is 4.99 Å². The fraction of sp³-hybridized carbons (Fsp3) is 0.583. The molecule has 1 heterocycles. The highest BCUT2D eigenvalue weighted by atomic mass is 32.2. The van der Waals surface area contributed by atoms with Crippen LogP contribution in [0.3, 0.4) is 0 Å². The van der Waals surface area contributed by atoms with Crippen LogP contribution in [0.2, 0.25) is 0 Å². The van der Waals surface area contributed by atoms with Gasteiger partial charge in [0.2, 0.25) is 10.0 Å². The lowest BCUT2D eigenvalue weighted by Gasteiger charge is -2.16. The lowest BCUT2D eigenvalue weighted by Crippen LogP contribution is -2.44. The van der Waals surface area contributed by atoms with Crippen molar-refractivity contribution >= 4 is 27.3 Å². The summed E-state index contributed by atoms with van der Waals surface area (Å²) in [5.41, 5.74) is 0. The highest BCUT2D eigenvalue weighted by Crippen LogP contribution is 2.14. The minimum absolute atomic E-state index is 0.307. The Kier molecular flexibility index (Phi) is 6.97. The first kappa shape index (κ1) is 16.9. The van der Waals surface area contributed by atoms with Crippen LogP contribution in [-0.2, 0) is 10.0 Å². The predicted octanol–water partition coefficient (Wildman–Crippen LogP) is 0.990. The molecule has 6 nitrogen and oxygen atoms in total. The zero-order chi connectivity index (χ0) is 15.0. The van der Waals surface area contributed by atoms with Gasteiger partial charge in [-0.1, -0.05) is 13.0 Å². The molecule has 0 aromatic carbocycles. The van der Waals surface area contributed by atoms with E-state index in [0.29, 0.717) is 29.3 Å². The Labute approximate surface area is 124 Å². The monoisotopic (exact) mass is 318 g/mol. The molecule has 1 atom stereocenters. The zero-order valence-corrected chi connectivity index (χ0v) is 13.6. The molecule has 0 saturated heterocycles. The normalized spacial score (nSPS) is 14.1. The van der Waals surface area contributed by atoms with E-state index in [1.54, 1.807) is 24.6 Å². The number of nitrogens with zero attached hydrogens (tertiary/aromatic N) is 1. The molecule has 0 radical (unpaired) electrons. The quantitative estimate of drug-likeness (QED) is 0.398. The average molecular weight is 318 g/mol. The molecule has 1 aromatic heterocycles. The molecule has 1 aromatic rings. The summed E-state index contributed by atoms with van der Waals surface area (Å²) in [6, 6.07) is 3.63. The minimum Gasteiger partial charge on any atom is -0.355 e. The van der Waals surface area contributed by atoms with E-state index in [1.165, 1.54) is 11.3 Å². The minimum atomic E-state index is -3.38. The first-order valence-corrected chi connectivity index (χ1v) is 8.86. The molecule has 0 fully saturated rings. The van der Waals surface area contributed by atoms with Crippen LogP contribution in [0.25, 0.3) is 0 Å². The second-order valence-electron chi connectivity index (χ2n) is 4.28. The van der Waals surface area contributed by atoms with Gasteiger partial charge in [-0.3, -0.25) is 4.99 Å². The Morgan fingerprint density at radius 1 is 1.45 bits per heavy atom. The molecule has 114 valence electrons. The van der Waals surface area contributed by atoms with Crippen LogP contribution >= 0.6 is 11.3 Å². The summed E-state index contributed by atoms with van der Waals surface area (Å²) in [6.45, 7) is 4.93. The Morgan fingerprint density at radius 3 is 2.75 bits per heavy atom. The molecular formula is C12H22N4O2S2. The second-order valence-corrected chi connectivity index (χ2v) is 7.22. The molecule has 0 bridgehead atoms. The van der Waals surface area contributed by atoms with Gasteiger partial charge in [0.25, 0.3) is 0 Å². The fourth-order valence-electron chi connectivity index (χ4n) is 1.38. The van der Waals surface area contributed by atoms with Crippen LogP contribution in [0.4, 0.5) is 0 Å². The van der Waals surface area contributed by atoms with Crippen molar-refractivity contribution in [1.82, 2.24) is 15.4 Å². The van der Waals surface area contributed by atoms with Gasteiger partial charge in [0, 0.05) is 26.2 Å². The highest BCUT2D eigenvalue weighted by Gasteiger charge is 2.13. The van der Waals surface area contributed by atoms with Gasteiger partial charge in [-0.2, -0.15) is 0 Å². The standard InChI is InChI=1S/C12H22N4O2S2/c1-4-10(2)16-12(13-3)14-7-8-15-20(17,18)11-6-5-9-19-11/h5-6,9-10,15H,4,7-8H2,1-3H3,(H2,13,14,16). The van der Waals surface area contributed by atoms with Gasteiger partial charge in [0.1, 0.15) is 4.21 Å². The number of hydrogen-bond acceptors (Lipinski definition) is 4. The molecule has 20 heavy (non-hydrogen) atoms. The Hall–Kier alpha value is -1.12. The second kappa shape index (κ2) is 8.23. The van der Waals surface area contributed by atoms with E-state index in [9.17, 15) is 8.42 Å². The summed E-state index contributed by atoms with van der Waals surface area (Å²) in [7, 11) is -1.69. The van der Waals surface area contributed by atoms with E-state index in [4.69, 9.17) is 0 Å². The lowest BCUT2D eigenvalue weighted by atomic mass is 10.3. The number of hydrogen-bond donors (Lipinski definition) is 3. The Balaban J connectivity index is 2.34. The van der Waals surface area contributed by atoms with Gasteiger partial charge in [0.15, 0.2) is 5.96 Å². The number of sulfonamides is 1. The van der Waals surface area contributed by atoms with E-state index >= 15 is 0 Å². The third-order valence-electron chi connectivity index (χ3n) is 2.69. The molecule has 0 aliphatic carbocycles. The predicted molar refractivity (Wildman–Crippen MR) is 83.8 cm³/mol. The number of thiophene rings is 1. The van der Waals surface area contributed by atoms with Crippen LogP contribution in [0.5, 0.6) is 0 Å². The van der Waals surface area contributed by atoms with Crippen molar-refractivity contribution < 1.29 is 8.42 Å². The SMILES string of the molecule is CCC(C)NC(=NC)NCCNS(=O)(=O)c1cccs1. The van der Waals surface area contributed by atoms with E-state index < -0.39 is 10.0 Å². The van der Waals surface area contributed by atoms with E-state index in [-0.39, 0.29) is 0 Å².